The summed E-state index contributed by atoms with van der Waals surface area (Å²) in [7, 11) is 0. The number of benzene rings is 2. The lowest BCUT2D eigenvalue weighted by Crippen LogP contribution is -2.23. The third kappa shape index (κ3) is 3.80. The molecule has 0 bridgehead atoms. The molecular formula is C15H12Br2Cl2FN. The Balaban J connectivity index is 2.53. The number of halogens is 5. The molecule has 1 nitrogen and oxygen atoms in total. The minimum absolute atomic E-state index is 0.0865. The summed E-state index contributed by atoms with van der Waals surface area (Å²) >= 11 is 18.6. The molecule has 0 aliphatic heterocycles. The van der Waals surface area contributed by atoms with Gasteiger partial charge in [-0.1, -0.05) is 42.3 Å². The van der Waals surface area contributed by atoms with Crippen LogP contribution in [0.1, 0.15) is 24.1 Å². The molecule has 112 valence electrons. The Bertz CT molecular complexity index is 664. The Kier molecular flexibility index (Phi) is 6.09. The van der Waals surface area contributed by atoms with Crippen molar-refractivity contribution in [3.63, 3.8) is 0 Å². The lowest BCUT2D eigenvalue weighted by atomic mass is 9.98. The quantitative estimate of drug-likeness (QED) is 0.529. The van der Waals surface area contributed by atoms with E-state index < -0.39 is 5.82 Å². The minimum atomic E-state index is -0.428. The van der Waals surface area contributed by atoms with Gasteiger partial charge < -0.3 is 5.32 Å². The van der Waals surface area contributed by atoms with Crippen molar-refractivity contribution in [1.82, 2.24) is 5.32 Å². The number of nitrogens with one attached hydrogen (secondary N) is 1. The van der Waals surface area contributed by atoms with Crippen molar-refractivity contribution >= 4 is 55.1 Å². The van der Waals surface area contributed by atoms with Crippen LogP contribution in [0.4, 0.5) is 4.39 Å². The molecule has 0 aliphatic carbocycles. The molecule has 0 saturated carbocycles. The molecule has 2 rings (SSSR count). The van der Waals surface area contributed by atoms with E-state index in [0.29, 0.717) is 21.6 Å². The molecule has 6 heteroatoms. The van der Waals surface area contributed by atoms with E-state index in [2.05, 4.69) is 37.2 Å². The number of hydrogen-bond donors (Lipinski definition) is 1. The first-order valence-electron chi connectivity index (χ1n) is 6.27. The van der Waals surface area contributed by atoms with Gasteiger partial charge in [0.25, 0.3) is 0 Å². The highest BCUT2D eigenvalue weighted by Crippen LogP contribution is 2.34. The summed E-state index contributed by atoms with van der Waals surface area (Å²) in [6, 6.07) is 8.70. The van der Waals surface area contributed by atoms with Gasteiger partial charge in [-0.3, -0.25) is 0 Å². The molecule has 0 radical (unpaired) electrons. The molecule has 2 aromatic carbocycles. The van der Waals surface area contributed by atoms with Crippen LogP contribution in [0.3, 0.4) is 0 Å². The lowest BCUT2D eigenvalue weighted by Gasteiger charge is -2.21. The first kappa shape index (κ1) is 17.2. The molecule has 2 aromatic rings. The molecule has 0 aliphatic rings. The van der Waals surface area contributed by atoms with E-state index in [1.165, 1.54) is 0 Å². The van der Waals surface area contributed by atoms with Gasteiger partial charge in [0.2, 0.25) is 0 Å². The van der Waals surface area contributed by atoms with Gasteiger partial charge in [-0.2, -0.15) is 0 Å². The maximum atomic E-state index is 14.5. The van der Waals surface area contributed by atoms with Crippen molar-refractivity contribution < 1.29 is 4.39 Å². The zero-order valence-corrected chi connectivity index (χ0v) is 15.7. The smallest absolute Gasteiger partial charge is 0.148 e. The van der Waals surface area contributed by atoms with Crippen LogP contribution < -0.4 is 5.32 Å². The van der Waals surface area contributed by atoms with Crippen molar-refractivity contribution in [2.75, 3.05) is 6.54 Å². The van der Waals surface area contributed by atoms with Gasteiger partial charge in [-0.25, -0.2) is 4.39 Å². The SMILES string of the molecule is CCNC(c1ccc(Cl)c(Br)c1)c1ccc(Br)c(Cl)c1F. The molecular weight excluding hydrogens is 444 g/mol. The van der Waals surface area contributed by atoms with Gasteiger partial charge in [-0.05, 0) is 62.2 Å². The van der Waals surface area contributed by atoms with Gasteiger partial charge in [0, 0.05) is 14.5 Å². The summed E-state index contributed by atoms with van der Waals surface area (Å²) in [4.78, 5) is 0. The van der Waals surface area contributed by atoms with Crippen molar-refractivity contribution in [3.05, 3.63) is 66.3 Å². The normalized spacial score (nSPS) is 12.5. The Morgan fingerprint density at radius 1 is 1.14 bits per heavy atom. The molecule has 1 unspecified atom stereocenters. The third-order valence-corrected chi connectivity index (χ3v) is 5.53. The monoisotopic (exact) mass is 453 g/mol. The zero-order chi connectivity index (χ0) is 15.6. The van der Waals surface area contributed by atoms with Crippen molar-refractivity contribution in [2.24, 2.45) is 0 Å². The molecule has 0 saturated heterocycles. The maximum Gasteiger partial charge on any atom is 0.148 e. The molecule has 0 fully saturated rings. The van der Waals surface area contributed by atoms with Crippen LogP contribution in [-0.2, 0) is 0 Å². The predicted molar refractivity (Wildman–Crippen MR) is 93.8 cm³/mol. The van der Waals surface area contributed by atoms with Gasteiger partial charge in [-0.15, -0.1) is 0 Å². The summed E-state index contributed by atoms with van der Waals surface area (Å²) in [5.74, 6) is -0.428. The van der Waals surface area contributed by atoms with Crippen LogP contribution >= 0.6 is 55.1 Å². The van der Waals surface area contributed by atoms with Crippen LogP contribution in [0.15, 0.2) is 39.3 Å². The van der Waals surface area contributed by atoms with E-state index in [9.17, 15) is 4.39 Å². The summed E-state index contributed by atoms with van der Waals surface area (Å²) in [5, 5.41) is 3.97. The zero-order valence-electron chi connectivity index (χ0n) is 11.1. The van der Waals surface area contributed by atoms with Crippen LogP contribution in [0, 0.1) is 5.82 Å². The van der Waals surface area contributed by atoms with Gasteiger partial charge in [0.15, 0.2) is 0 Å². The van der Waals surface area contributed by atoms with E-state index >= 15 is 0 Å². The summed E-state index contributed by atoms with van der Waals surface area (Å²) in [5.41, 5.74) is 1.41. The van der Waals surface area contributed by atoms with Gasteiger partial charge in [0.1, 0.15) is 5.82 Å². The fraction of sp³-hybridized carbons (Fsp3) is 0.200. The van der Waals surface area contributed by atoms with E-state index in [1.807, 2.05) is 19.1 Å². The summed E-state index contributed by atoms with van der Waals surface area (Å²) < 4.78 is 15.8. The van der Waals surface area contributed by atoms with Gasteiger partial charge >= 0.3 is 0 Å². The van der Waals surface area contributed by atoms with Crippen molar-refractivity contribution in [2.45, 2.75) is 13.0 Å². The van der Waals surface area contributed by atoms with Crippen LogP contribution in [-0.4, -0.2) is 6.54 Å². The Hall–Kier alpha value is -0.130. The highest BCUT2D eigenvalue weighted by molar-refractivity contribution is 9.10. The average Bonchev–Trinajstić information content (AvgIpc) is 2.46. The van der Waals surface area contributed by atoms with Crippen molar-refractivity contribution in [1.29, 1.82) is 0 Å². The first-order valence-corrected chi connectivity index (χ1v) is 8.61. The van der Waals surface area contributed by atoms with E-state index in [0.717, 1.165) is 10.0 Å². The number of hydrogen-bond acceptors (Lipinski definition) is 1. The largest absolute Gasteiger partial charge is 0.306 e. The topological polar surface area (TPSA) is 12.0 Å². The molecule has 1 atom stereocenters. The number of rotatable bonds is 4. The van der Waals surface area contributed by atoms with Crippen LogP contribution in [0.25, 0.3) is 0 Å². The molecule has 0 aromatic heterocycles. The second kappa shape index (κ2) is 7.42. The fourth-order valence-electron chi connectivity index (χ4n) is 2.07. The van der Waals surface area contributed by atoms with Gasteiger partial charge in [0.05, 0.1) is 16.1 Å². The molecule has 1 N–H and O–H groups in total. The van der Waals surface area contributed by atoms with E-state index in [4.69, 9.17) is 23.2 Å². The highest BCUT2D eigenvalue weighted by Gasteiger charge is 2.20. The molecule has 0 heterocycles. The minimum Gasteiger partial charge on any atom is -0.306 e. The maximum absolute atomic E-state index is 14.5. The molecule has 0 amide bonds. The fourth-order valence-corrected chi connectivity index (χ4v) is 3.06. The summed E-state index contributed by atoms with van der Waals surface area (Å²) in [6.07, 6.45) is 0. The first-order chi connectivity index (χ1) is 9.95. The Morgan fingerprint density at radius 2 is 1.86 bits per heavy atom. The lowest BCUT2D eigenvalue weighted by molar-refractivity contribution is 0.558. The average molecular weight is 456 g/mol. The molecule has 21 heavy (non-hydrogen) atoms. The van der Waals surface area contributed by atoms with E-state index in [1.54, 1.807) is 18.2 Å². The van der Waals surface area contributed by atoms with Crippen LogP contribution in [0.2, 0.25) is 10.0 Å². The standard InChI is InChI=1S/C15H12Br2Cl2FN/c1-2-21-15(8-3-6-12(18)11(17)7-8)9-4-5-10(16)13(19)14(9)20/h3-7,15,21H,2H2,1H3. The Morgan fingerprint density at radius 3 is 2.48 bits per heavy atom. The Labute approximate surface area is 150 Å². The van der Waals surface area contributed by atoms with Crippen molar-refractivity contribution in [3.8, 4) is 0 Å². The second-order valence-corrected chi connectivity index (χ2v) is 6.92. The van der Waals surface area contributed by atoms with E-state index in [-0.39, 0.29) is 11.1 Å². The highest BCUT2D eigenvalue weighted by atomic mass is 79.9. The van der Waals surface area contributed by atoms with Crippen LogP contribution in [0.5, 0.6) is 0 Å². The third-order valence-electron chi connectivity index (χ3n) is 3.06. The summed E-state index contributed by atoms with van der Waals surface area (Å²) in [6.45, 7) is 2.66. The molecule has 0 spiro atoms. The second-order valence-electron chi connectivity index (χ2n) is 4.43. The predicted octanol–water partition coefficient (Wildman–Crippen LogP) is 6.36.